The number of nitro groups is 1. The fraction of sp³-hybridized carbons (Fsp3) is 0.318. The highest BCUT2D eigenvalue weighted by atomic mass is 19.1. The second-order valence-corrected chi connectivity index (χ2v) is 7.74. The highest BCUT2D eigenvalue weighted by Crippen LogP contribution is 2.29. The van der Waals surface area contributed by atoms with Gasteiger partial charge in [-0.2, -0.15) is 4.98 Å². The highest BCUT2D eigenvalue weighted by molar-refractivity contribution is 5.96. The van der Waals surface area contributed by atoms with Crippen molar-refractivity contribution in [1.29, 1.82) is 0 Å². The van der Waals surface area contributed by atoms with Crippen molar-refractivity contribution in [2.24, 2.45) is 0 Å². The molecule has 0 spiro atoms. The third-order valence-corrected chi connectivity index (χ3v) is 5.61. The van der Waals surface area contributed by atoms with Gasteiger partial charge in [-0.1, -0.05) is 29.4 Å². The van der Waals surface area contributed by atoms with E-state index in [4.69, 9.17) is 4.52 Å². The molecule has 9 nitrogen and oxygen atoms in total. The molecule has 0 saturated carbocycles. The molecule has 1 aliphatic rings. The van der Waals surface area contributed by atoms with Gasteiger partial charge < -0.3 is 9.84 Å². The Bertz CT molecular complexity index is 1130. The Labute approximate surface area is 183 Å². The number of nitro benzene ring substituents is 1. The molecule has 2 heterocycles. The molecule has 1 saturated heterocycles. The summed E-state index contributed by atoms with van der Waals surface area (Å²) in [6, 6.07) is 11.5. The number of hydrogen-bond acceptors (Lipinski definition) is 7. The van der Waals surface area contributed by atoms with E-state index in [0.717, 1.165) is 12.8 Å². The number of halogens is 1. The molecule has 1 fully saturated rings. The first-order valence-corrected chi connectivity index (χ1v) is 10.3. The van der Waals surface area contributed by atoms with Gasteiger partial charge in [-0.05, 0) is 44.5 Å². The van der Waals surface area contributed by atoms with Gasteiger partial charge in [0.15, 0.2) is 0 Å². The van der Waals surface area contributed by atoms with E-state index in [-0.39, 0.29) is 29.0 Å². The first-order valence-electron chi connectivity index (χ1n) is 10.3. The predicted octanol–water partition coefficient (Wildman–Crippen LogP) is 3.99. The standard InChI is InChI=1S/C22H22FN5O4/c1-14(21(29)24-18-9-2-3-10-19(18)28(30)31)27-11-5-7-16(13-27)22-25-20(26-32-22)15-6-4-8-17(23)12-15/h2-4,6,8-10,12,14,16H,5,7,11,13H2,1H3,(H,24,29). The van der Waals surface area contributed by atoms with Crippen LogP contribution < -0.4 is 5.32 Å². The Kier molecular flexibility index (Phi) is 6.22. The van der Waals surface area contributed by atoms with E-state index in [1.54, 1.807) is 31.2 Å². The van der Waals surface area contributed by atoms with Gasteiger partial charge in [-0.3, -0.25) is 19.8 Å². The summed E-state index contributed by atoms with van der Waals surface area (Å²) in [5, 5.41) is 17.8. The Hall–Kier alpha value is -3.66. The lowest BCUT2D eigenvalue weighted by molar-refractivity contribution is -0.383. The van der Waals surface area contributed by atoms with Crippen molar-refractivity contribution in [2.45, 2.75) is 31.7 Å². The van der Waals surface area contributed by atoms with Gasteiger partial charge in [0, 0.05) is 18.2 Å². The first-order chi connectivity index (χ1) is 15.4. The van der Waals surface area contributed by atoms with Crippen LogP contribution in [0.1, 0.15) is 31.6 Å². The molecule has 1 amide bonds. The molecule has 0 radical (unpaired) electrons. The molecule has 0 bridgehead atoms. The molecular formula is C22H22FN5O4. The molecule has 1 aliphatic heterocycles. The van der Waals surface area contributed by atoms with E-state index in [0.29, 0.717) is 30.4 Å². The third kappa shape index (κ3) is 4.65. The van der Waals surface area contributed by atoms with E-state index >= 15 is 0 Å². The van der Waals surface area contributed by atoms with Crippen molar-refractivity contribution in [3.63, 3.8) is 0 Å². The molecular weight excluding hydrogens is 417 g/mol. The second kappa shape index (κ2) is 9.23. The van der Waals surface area contributed by atoms with E-state index in [1.807, 2.05) is 4.90 Å². The summed E-state index contributed by atoms with van der Waals surface area (Å²) in [5.41, 5.74) is 0.546. The van der Waals surface area contributed by atoms with Crippen molar-refractivity contribution in [2.75, 3.05) is 18.4 Å². The molecule has 10 heteroatoms. The molecule has 4 rings (SSSR count). The van der Waals surface area contributed by atoms with E-state index in [9.17, 15) is 19.3 Å². The van der Waals surface area contributed by atoms with Crippen LogP contribution in [0.5, 0.6) is 0 Å². The number of hydrogen-bond donors (Lipinski definition) is 1. The van der Waals surface area contributed by atoms with Crippen LogP contribution in [0.25, 0.3) is 11.4 Å². The lowest BCUT2D eigenvalue weighted by Gasteiger charge is -2.34. The Morgan fingerprint density at radius 3 is 2.91 bits per heavy atom. The quantitative estimate of drug-likeness (QED) is 0.456. The Morgan fingerprint density at radius 1 is 1.31 bits per heavy atom. The highest BCUT2D eigenvalue weighted by Gasteiger charge is 2.31. The number of aromatic nitrogens is 2. The minimum atomic E-state index is -0.525. The van der Waals surface area contributed by atoms with Crippen LogP contribution in [0, 0.1) is 15.9 Å². The molecule has 2 aromatic carbocycles. The first kappa shape index (κ1) is 21.6. The Morgan fingerprint density at radius 2 is 2.12 bits per heavy atom. The molecule has 166 valence electrons. The number of carbonyl (C=O) groups is 1. The van der Waals surface area contributed by atoms with Crippen molar-refractivity contribution in [3.8, 4) is 11.4 Å². The maximum Gasteiger partial charge on any atom is 0.292 e. The number of amides is 1. The minimum absolute atomic E-state index is 0.0696. The lowest BCUT2D eigenvalue weighted by atomic mass is 9.96. The van der Waals surface area contributed by atoms with Crippen LogP contribution >= 0.6 is 0 Å². The van der Waals surface area contributed by atoms with Crippen LogP contribution in [0.2, 0.25) is 0 Å². The number of anilines is 1. The fourth-order valence-electron chi connectivity index (χ4n) is 3.85. The van der Waals surface area contributed by atoms with Crippen LogP contribution in [0.15, 0.2) is 53.1 Å². The summed E-state index contributed by atoms with van der Waals surface area (Å²) in [6.45, 7) is 2.99. The monoisotopic (exact) mass is 439 g/mol. The van der Waals surface area contributed by atoms with Crippen LogP contribution in [0.4, 0.5) is 15.8 Å². The summed E-state index contributed by atoms with van der Waals surface area (Å²) in [4.78, 5) is 29.9. The lowest BCUT2D eigenvalue weighted by Crippen LogP contribution is -2.46. The second-order valence-electron chi connectivity index (χ2n) is 7.74. The van der Waals surface area contributed by atoms with E-state index < -0.39 is 11.0 Å². The number of benzene rings is 2. The Balaban J connectivity index is 1.44. The molecule has 3 aromatic rings. The zero-order valence-electron chi connectivity index (χ0n) is 17.4. The molecule has 1 N–H and O–H groups in total. The SMILES string of the molecule is CC(C(=O)Nc1ccccc1[N+](=O)[O-])N1CCCC(c2nc(-c3cccc(F)c3)no2)C1. The maximum atomic E-state index is 13.5. The van der Waals surface area contributed by atoms with Crippen LogP contribution in [-0.4, -0.2) is 45.0 Å². The van der Waals surface area contributed by atoms with Gasteiger partial charge in [0.2, 0.25) is 17.6 Å². The van der Waals surface area contributed by atoms with Gasteiger partial charge >= 0.3 is 0 Å². The summed E-state index contributed by atoms with van der Waals surface area (Å²) >= 11 is 0. The zero-order chi connectivity index (χ0) is 22.7. The molecule has 0 aliphatic carbocycles. The van der Waals surface area contributed by atoms with Gasteiger partial charge in [0.05, 0.1) is 16.9 Å². The summed E-state index contributed by atoms with van der Waals surface area (Å²) in [7, 11) is 0. The molecule has 32 heavy (non-hydrogen) atoms. The van der Waals surface area contributed by atoms with Gasteiger partial charge in [-0.15, -0.1) is 0 Å². The number of carbonyl (C=O) groups excluding carboxylic acids is 1. The van der Waals surface area contributed by atoms with Crippen LogP contribution in [0.3, 0.4) is 0 Å². The van der Waals surface area contributed by atoms with Crippen molar-refractivity contribution < 1.29 is 18.6 Å². The summed E-state index contributed by atoms with van der Waals surface area (Å²) in [5.74, 6) is -0.0129. The van der Waals surface area contributed by atoms with Crippen molar-refractivity contribution in [1.82, 2.24) is 15.0 Å². The largest absolute Gasteiger partial charge is 0.339 e. The summed E-state index contributed by atoms with van der Waals surface area (Å²) in [6.07, 6.45) is 1.64. The number of rotatable bonds is 6. The van der Waals surface area contributed by atoms with Gasteiger partial charge in [-0.25, -0.2) is 4.39 Å². The maximum absolute atomic E-state index is 13.5. The topological polar surface area (TPSA) is 114 Å². The van der Waals surface area contributed by atoms with Crippen molar-refractivity contribution >= 4 is 17.3 Å². The number of nitrogens with zero attached hydrogens (tertiary/aromatic N) is 4. The fourth-order valence-corrected chi connectivity index (χ4v) is 3.85. The normalized spacial score (nSPS) is 17.6. The molecule has 2 unspecified atom stereocenters. The smallest absolute Gasteiger partial charge is 0.292 e. The predicted molar refractivity (Wildman–Crippen MR) is 114 cm³/mol. The number of piperidine rings is 1. The number of likely N-dealkylation sites (tertiary alicyclic amines) is 1. The summed E-state index contributed by atoms with van der Waals surface area (Å²) < 4.78 is 18.9. The minimum Gasteiger partial charge on any atom is -0.339 e. The van der Waals surface area contributed by atoms with Gasteiger partial charge in [0.1, 0.15) is 11.5 Å². The average molecular weight is 439 g/mol. The number of nitrogens with one attached hydrogen (secondary N) is 1. The average Bonchev–Trinajstić information content (AvgIpc) is 3.29. The zero-order valence-corrected chi connectivity index (χ0v) is 17.4. The van der Waals surface area contributed by atoms with E-state index in [2.05, 4.69) is 15.5 Å². The third-order valence-electron chi connectivity index (χ3n) is 5.61. The molecule has 2 atom stereocenters. The number of para-hydroxylation sites is 2. The van der Waals surface area contributed by atoms with Gasteiger partial charge in [0.25, 0.3) is 5.69 Å². The van der Waals surface area contributed by atoms with Crippen molar-refractivity contribution in [3.05, 3.63) is 70.4 Å². The van der Waals surface area contributed by atoms with E-state index in [1.165, 1.54) is 24.3 Å². The molecule has 1 aromatic heterocycles. The van der Waals surface area contributed by atoms with Crippen LogP contribution in [-0.2, 0) is 4.79 Å².